The molecule has 3 heterocycles. The summed E-state index contributed by atoms with van der Waals surface area (Å²) in [5, 5.41) is 3.58. The first-order chi connectivity index (χ1) is 16.0. The van der Waals surface area contributed by atoms with Gasteiger partial charge in [-0.25, -0.2) is 9.78 Å². The lowest BCUT2D eigenvalue weighted by Gasteiger charge is -2.35. The summed E-state index contributed by atoms with van der Waals surface area (Å²) in [7, 11) is 2.13. The quantitative estimate of drug-likeness (QED) is 0.724. The maximum Gasteiger partial charge on any atom is 0.317 e. The number of halogens is 1. The van der Waals surface area contributed by atoms with Gasteiger partial charge in [0.1, 0.15) is 5.82 Å². The largest absolute Gasteiger partial charge is 0.354 e. The second-order valence-corrected chi connectivity index (χ2v) is 9.02. The van der Waals surface area contributed by atoms with Crippen LogP contribution >= 0.6 is 11.6 Å². The third-order valence-corrected chi connectivity index (χ3v) is 6.67. The van der Waals surface area contributed by atoms with E-state index in [4.69, 9.17) is 11.6 Å². The van der Waals surface area contributed by atoms with Crippen LogP contribution in [-0.4, -0.2) is 91.0 Å². The molecule has 8 nitrogen and oxygen atoms in total. The average Bonchev–Trinajstić information content (AvgIpc) is 2.85. The minimum absolute atomic E-state index is 0.0367. The van der Waals surface area contributed by atoms with E-state index in [0.717, 1.165) is 43.1 Å². The molecular formula is C24H31ClN6O2. The number of rotatable bonds is 5. The monoisotopic (exact) mass is 470 g/mol. The number of benzene rings is 1. The van der Waals surface area contributed by atoms with Gasteiger partial charge in [0.25, 0.3) is 0 Å². The van der Waals surface area contributed by atoms with E-state index < -0.39 is 0 Å². The molecule has 9 heteroatoms. The van der Waals surface area contributed by atoms with Crippen molar-refractivity contribution < 1.29 is 9.59 Å². The molecule has 0 unspecified atom stereocenters. The van der Waals surface area contributed by atoms with Crippen LogP contribution in [0.25, 0.3) is 0 Å². The zero-order valence-corrected chi connectivity index (χ0v) is 19.8. The number of nitrogens with one attached hydrogen (secondary N) is 1. The molecule has 3 amide bonds. The fourth-order valence-corrected chi connectivity index (χ4v) is 4.31. The van der Waals surface area contributed by atoms with Gasteiger partial charge in [0.15, 0.2) is 0 Å². The molecule has 0 saturated carbocycles. The predicted octanol–water partition coefficient (Wildman–Crippen LogP) is 2.08. The van der Waals surface area contributed by atoms with Gasteiger partial charge in [-0.3, -0.25) is 4.79 Å². The molecule has 0 radical (unpaired) electrons. The summed E-state index contributed by atoms with van der Waals surface area (Å²) in [6.45, 7) is 6.55. The van der Waals surface area contributed by atoms with Crippen LogP contribution in [0.2, 0.25) is 5.02 Å². The average molecular weight is 471 g/mol. The highest BCUT2D eigenvalue weighted by molar-refractivity contribution is 6.31. The second-order valence-electron chi connectivity index (χ2n) is 8.61. The Labute approximate surface area is 200 Å². The molecule has 2 aliphatic rings. The first kappa shape index (κ1) is 23.3. The summed E-state index contributed by atoms with van der Waals surface area (Å²) in [4.78, 5) is 37.9. The van der Waals surface area contributed by atoms with Crippen LogP contribution in [0.1, 0.15) is 11.1 Å². The number of likely N-dealkylation sites (N-methyl/N-ethyl adjacent to an activating group) is 1. The normalized spacial score (nSPS) is 17.2. The van der Waals surface area contributed by atoms with Crippen molar-refractivity contribution in [3.05, 3.63) is 58.7 Å². The Morgan fingerprint density at radius 2 is 1.64 bits per heavy atom. The molecule has 2 aliphatic heterocycles. The summed E-state index contributed by atoms with van der Waals surface area (Å²) in [6.07, 6.45) is 2.11. The molecule has 1 aromatic heterocycles. The number of pyridine rings is 1. The number of anilines is 1. The number of hydrogen-bond donors (Lipinski definition) is 1. The zero-order chi connectivity index (χ0) is 23.2. The van der Waals surface area contributed by atoms with Crippen LogP contribution in [-0.2, 0) is 17.8 Å². The van der Waals surface area contributed by atoms with Crippen LogP contribution in [0.4, 0.5) is 10.6 Å². The fourth-order valence-electron chi connectivity index (χ4n) is 4.11. The van der Waals surface area contributed by atoms with Gasteiger partial charge < -0.3 is 24.9 Å². The third kappa shape index (κ3) is 6.15. The SMILES string of the molecule is CN1CCN(c2ccc(CNC(=O)N3CCN(C(=O)Cc4ccccc4Cl)CC3)cn2)CC1. The van der Waals surface area contributed by atoms with E-state index in [2.05, 4.69) is 27.1 Å². The first-order valence-electron chi connectivity index (χ1n) is 11.4. The number of hydrogen-bond acceptors (Lipinski definition) is 5. The number of aromatic nitrogens is 1. The van der Waals surface area contributed by atoms with E-state index in [1.54, 1.807) is 15.9 Å². The predicted molar refractivity (Wildman–Crippen MR) is 129 cm³/mol. The molecule has 176 valence electrons. The standard InChI is InChI=1S/C24H31ClN6O2/c1-28-8-10-29(11-9-28)22-7-6-19(17-26-22)18-27-24(33)31-14-12-30(13-15-31)23(32)16-20-4-2-3-5-21(20)25/h2-7,17H,8-16,18H2,1H3,(H,27,33). The van der Waals surface area contributed by atoms with Crippen molar-refractivity contribution in [2.24, 2.45) is 0 Å². The van der Waals surface area contributed by atoms with Gasteiger partial charge in [0.05, 0.1) is 6.42 Å². The van der Waals surface area contributed by atoms with Gasteiger partial charge in [-0.05, 0) is 30.3 Å². The van der Waals surface area contributed by atoms with Crippen LogP contribution in [0.5, 0.6) is 0 Å². The topological polar surface area (TPSA) is 72.0 Å². The Hall–Kier alpha value is -2.84. The lowest BCUT2D eigenvalue weighted by Crippen LogP contribution is -2.53. The van der Waals surface area contributed by atoms with Crippen molar-refractivity contribution in [2.75, 3.05) is 64.3 Å². The Balaban J connectivity index is 1.20. The Morgan fingerprint density at radius 3 is 2.30 bits per heavy atom. The molecular weight excluding hydrogens is 440 g/mol. The van der Waals surface area contributed by atoms with Crippen LogP contribution in [0.15, 0.2) is 42.6 Å². The Kier molecular flexibility index (Phi) is 7.67. The maximum atomic E-state index is 12.6. The van der Waals surface area contributed by atoms with Crippen molar-refractivity contribution in [2.45, 2.75) is 13.0 Å². The Morgan fingerprint density at radius 1 is 0.939 bits per heavy atom. The zero-order valence-electron chi connectivity index (χ0n) is 19.0. The summed E-state index contributed by atoms with van der Waals surface area (Å²) < 4.78 is 0. The van der Waals surface area contributed by atoms with Gasteiger partial charge in [0, 0.05) is 70.1 Å². The van der Waals surface area contributed by atoms with E-state index in [1.807, 2.05) is 36.5 Å². The molecule has 0 spiro atoms. The van der Waals surface area contributed by atoms with Crippen LogP contribution in [0.3, 0.4) is 0 Å². The van der Waals surface area contributed by atoms with E-state index >= 15 is 0 Å². The van der Waals surface area contributed by atoms with Crippen molar-refractivity contribution in [3.8, 4) is 0 Å². The molecule has 2 fully saturated rings. The van der Waals surface area contributed by atoms with Crippen molar-refractivity contribution in [3.63, 3.8) is 0 Å². The molecule has 4 rings (SSSR count). The molecule has 33 heavy (non-hydrogen) atoms. The number of carbonyl (C=O) groups is 2. The van der Waals surface area contributed by atoms with E-state index in [9.17, 15) is 9.59 Å². The minimum Gasteiger partial charge on any atom is -0.354 e. The highest BCUT2D eigenvalue weighted by Gasteiger charge is 2.24. The van der Waals surface area contributed by atoms with Crippen molar-refractivity contribution in [1.82, 2.24) is 25.0 Å². The van der Waals surface area contributed by atoms with Gasteiger partial charge in [-0.2, -0.15) is 0 Å². The summed E-state index contributed by atoms with van der Waals surface area (Å²) >= 11 is 6.17. The number of amides is 3. The van der Waals surface area contributed by atoms with Gasteiger partial charge in [-0.15, -0.1) is 0 Å². The molecule has 2 saturated heterocycles. The fraction of sp³-hybridized carbons (Fsp3) is 0.458. The summed E-state index contributed by atoms with van der Waals surface area (Å²) in [6, 6.07) is 11.3. The molecule has 2 aromatic rings. The molecule has 0 aliphatic carbocycles. The third-order valence-electron chi connectivity index (χ3n) is 6.30. The first-order valence-corrected chi connectivity index (χ1v) is 11.8. The van der Waals surface area contributed by atoms with E-state index in [0.29, 0.717) is 37.7 Å². The van der Waals surface area contributed by atoms with Gasteiger partial charge >= 0.3 is 6.03 Å². The van der Waals surface area contributed by atoms with Crippen molar-refractivity contribution >= 4 is 29.4 Å². The molecule has 0 atom stereocenters. The van der Waals surface area contributed by atoms with Crippen molar-refractivity contribution in [1.29, 1.82) is 0 Å². The Bertz CT molecular complexity index is 954. The van der Waals surface area contributed by atoms with Crippen LogP contribution < -0.4 is 10.2 Å². The summed E-state index contributed by atoms with van der Waals surface area (Å²) in [5.41, 5.74) is 1.80. The highest BCUT2D eigenvalue weighted by Crippen LogP contribution is 2.17. The lowest BCUT2D eigenvalue weighted by atomic mass is 10.1. The number of carbonyl (C=O) groups excluding carboxylic acids is 2. The van der Waals surface area contributed by atoms with E-state index in [1.165, 1.54) is 0 Å². The molecule has 1 aromatic carbocycles. The number of urea groups is 1. The highest BCUT2D eigenvalue weighted by atomic mass is 35.5. The second kappa shape index (κ2) is 10.9. The number of nitrogens with zero attached hydrogens (tertiary/aromatic N) is 5. The lowest BCUT2D eigenvalue weighted by molar-refractivity contribution is -0.131. The summed E-state index contributed by atoms with van der Waals surface area (Å²) in [5.74, 6) is 1.02. The van der Waals surface area contributed by atoms with Gasteiger partial charge in [0.2, 0.25) is 5.91 Å². The molecule has 0 bridgehead atoms. The minimum atomic E-state index is -0.114. The van der Waals surface area contributed by atoms with E-state index in [-0.39, 0.29) is 18.4 Å². The van der Waals surface area contributed by atoms with Crippen LogP contribution in [0, 0.1) is 0 Å². The molecule has 1 N–H and O–H groups in total. The number of piperazine rings is 2. The van der Waals surface area contributed by atoms with Gasteiger partial charge in [-0.1, -0.05) is 35.9 Å². The maximum absolute atomic E-state index is 12.6. The smallest absolute Gasteiger partial charge is 0.317 e.